The molecule has 0 aliphatic rings. The van der Waals surface area contributed by atoms with Crippen molar-refractivity contribution in [1.29, 1.82) is 0 Å². The number of aromatic nitrogens is 3. The topological polar surface area (TPSA) is 56.7 Å². The van der Waals surface area contributed by atoms with Crippen LogP contribution >= 0.6 is 0 Å². The maximum absolute atomic E-state index is 5.67. The lowest BCUT2D eigenvalue weighted by Gasteiger charge is -2.08. The fourth-order valence-corrected chi connectivity index (χ4v) is 1.86. The molecule has 0 atom stereocenters. The number of aryl methyl sites for hydroxylation is 1. The zero-order valence-electron chi connectivity index (χ0n) is 10.3. The van der Waals surface area contributed by atoms with E-state index in [1.807, 2.05) is 0 Å². The molecular formula is C13H18N4. The van der Waals surface area contributed by atoms with Crippen molar-refractivity contribution in [3.63, 3.8) is 0 Å². The Bertz CT molecular complexity index is 485. The van der Waals surface area contributed by atoms with E-state index in [0.29, 0.717) is 6.54 Å². The van der Waals surface area contributed by atoms with Crippen molar-refractivity contribution in [2.24, 2.45) is 5.73 Å². The Labute approximate surface area is 101 Å². The minimum absolute atomic E-state index is 0.429. The normalized spacial score (nSPS) is 10.8. The van der Waals surface area contributed by atoms with E-state index in [9.17, 15) is 0 Å². The van der Waals surface area contributed by atoms with Crippen LogP contribution in [-0.2, 0) is 13.1 Å². The van der Waals surface area contributed by atoms with Gasteiger partial charge in [-0.05, 0) is 13.3 Å². The Balaban J connectivity index is 2.43. The Morgan fingerprint density at radius 2 is 1.88 bits per heavy atom. The first-order chi connectivity index (χ1) is 8.26. The van der Waals surface area contributed by atoms with Crippen LogP contribution in [0.4, 0.5) is 0 Å². The Hall–Kier alpha value is -1.68. The van der Waals surface area contributed by atoms with E-state index >= 15 is 0 Å². The average molecular weight is 230 g/mol. The molecule has 0 aliphatic heterocycles. The van der Waals surface area contributed by atoms with Crippen LogP contribution in [0.5, 0.6) is 0 Å². The van der Waals surface area contributed by atoms with Crippen molar-refractivity contribution in [3.8, 4) is 11.4 Å². The van der Waals surface area contributed by atoms with Crippen LogP contribution < -0.4 is 5.73 Å². The highest BCUT2D eigenvalue weighted by atomic mass is 15.3. The number of nitrogens with zero attached hydrogens (tertiary/aromatic N) is 3. The lowest BCUT2D eigenvalue weighted by molar-refractivity contribution is 0.644. The molecule has 4 nitrogen and oxygen atoms in total. The molecule has 90 valence electrons. The number of nitrogens with two attached hydrogens (primary N) is 1. The fourth-order valence-electron chi connectivity index (χ4n) is 1.86. The molecule has 0 unspecified atom stereocenters. The number of hydrogen-bond acceptors (Lipinski definition) is 3. The van der Waals surface area contributed by atoms with E-state index < -0.39 is 0 Å². The summed E-state index contributed by atoms with van der Waals surface area (Å²) in [4.78, 5) is 0. The summed E-state index contributed by atoms with van der Waals surface area (Å²) in [7, 11) is 0. The van der Waals surface area contributed by atoms with Gasteiger partial charge in [0.05, 0.1) is 6.54 Å². The molecule has 0 aliphatic carbocycles. The quantitative estimate of drug-likeness (QED) is 0.875. The highest BCUT2D eigenvalue weighted by Gasteiger charge is 2.11. The van der Waals surface area contributed by atoms with Crippen LogP contribution in [-0.4, -0.2) is 14.8 Å². The highest BCUT2D eigenvalue weighted by Crippen LogP contribution is 2.19. The van der Waals surface area contributed by atoms with Gasteiger partial charge in [-0.2, -0.15) is 0 Å². The molecule has 0 radical (unpaired) electrons. The van der Waals surface area contributed by atoms with Gasteiger partial charge in [-0.1, -0.05) is 36.8 Å². The van der Waals surface area contributed by atoms with Gasteiger partial charge in [0.1, 0.15) is 5.82 Å². The predicted molar refractivity (Wildman–Crippen MR) is 68.4 cm³/mol. The molecule has 17 heavy (non-hydrogen) atoms. The molecule has 0 amide bonds. The van der Waals surface area contributed by atoms with Crippen LogP contribution in [0.25, 0.3) is 11.4 Å². The monoisotopic (exact) mass is 230 g/mol. The molecule has 1 heterocycles. The summed E-state index contributed by atoms with van der Waals surface area (Å²) in [5, 5.41) is 8.38. The molecule has 4 heteroatoms. The number of benzene rings is 1. The molecule has 0 fully saturated rings. The Kier molecular flexibility index (Phi) is 3.54. The number of rotatable bonds is 4. The molecule has 2 N–H and O–H groups in total. The largest absolute Gasteiger partial charge is 0.324 e. The molecule has 1 aromatic heterocycles. The van der Waals surface area contributed by atoms with Crippen molar-refractivity contribution >= 4 is 0 Å². The molecular weight excluding hydrogens is 212 g/mol. The SMILES string of the molecule is CCCn1c(CN)nnc1-c1ccc(C)cc1. The van der Waals surface area contributed by atoms with E-state index in [4.69, 9.17) is 5.73 Å². The van der Waals surface area contributed by atoms with Gasteiger partial charge in [-0.15, -0.1) is 10.2 Å². The average Bonchev–Trinajstić information content (AvgIpc) is 2.74. The van der Waals surface area contributed by atoms with E-state index in [-0.39, 0.29) is 0 Å². The molecule has 0 spiro atoms. The van der Waals surface area contributed by atoms with E-state index in [1.54, 1.807) is 0 Å². The molecule has 0 bridgehead atoms. The van der Waals surface area contributed by atoms with Crippen LogP contribution in [0.1, 0.15) is 24.7 Å². The summed E-state index contributed by atoms with van der Waals surface area (Å²) in [6, 6.07) is 8.32. The second kappa shape index (κ2) is 5.10. The maximum Gasteiger partial charge on any atom is 0.163 e. The third-order valence-corrected chi connectivity index (χ3v) is 2.77. The molecule has 0 saturated heterocycles. The summed E-state index contributed by atoms with van der Waals surface area (Å²) in [5.74, 6) is 1.76. The lowest BCUT2D eigenvalue weighted by atomic mass is 10.1. The maximum atomic E-state index is 5.67. The van der Waals surface area contributed by atoms with Gasteiger partial charge < -0.3 is 10.3 Å². The third-order valence-electron chi connectivity index (χ3n) is 2.77. The second-order valence-electron chi connectivity index (χ2n) is 4.16. The summed E-state index contributed by atoms with van der Waals surface area (Å²) in [5.41, 5.74) is 8.01. The van der Waals surface area contributed by atoms with Crippen molar-refractivity contribution < 1.29 is 0 Å². The van der Waals surface area contributed by atoms with Crippen molar-refractivity contribution in [2.75, 3.05) is 0 Å². The van der Waals surface area contributed by atoms with Crippen LogP contribution in [0.15, 0.2) is 24.3 Å². The molecule has 0 saturated carbocycles. The van der Waals surface area contributed by atoms with Gasteiger partial charge in [-0.25, -0.2) is 0 Å². The first-order valence-electron chi connectivity index (χ1n) is 5.95. The van der Waals surface area contributed by atoms with Crippen LogP contribution in [0.3, 0.4) is 0 Å². The minimum atomic E-state index is 0.429. The van der Waals surface area contributed by atoms with E-state index in [0.717, 1.165) is 30.2 Å². The van der Waals surface area contributed by atoms with Crippen LogP contribution in [0, 0.1) is 6.92 Å². The summed E-state index contributed by atoms with van der Waals surface area (Å²) < 4.78 is 2.10. The van der Waals surface area contributed by atoms with Crippen molar-refractivity contribution in [2.45, 2.75) is 33.4 Å². The lowest BCUT2D eigenvalue weighted by Crippen LogP contribution is -2.09. The van der Waals surface area contributed by atoms with Gasteiger partial charge in [0.15, 0.2) is 5.82 Å². The van der Waals surface area contributed by atoms with Crippen molar-refractivity contribution in [3.05, 3.63) is 35.7 Å². The smallest absolute Gasteiger partial charge is 0.163 e. The first kappa shape index (κ1) is 11.8. The zero-order chi connectivity index (χ0) is 12.3. The van der Waals surface area contributed by atoms with E-state index in [1.165, 1.54) is 5.56 Å². The third kappa shape index (κ3) is 2.36. The van der Waals surface area contributed by atoms with Gasteiger partial charge in [0.2, 0.25) is 0 Å². The molecule has 2 aromatic rings. The van der Waals surface area contributed by atoms with Gasteiger partial charge in [0.25, 0.3) is 0 Å². The van der Waals surface area contributed by atoms with Crippen molar-refractivity contribution in [1.82, 2.24) is 14.8 Å². The summed E-state index contributed by atoms with van der Waals surface area (Å²) >= 11 is 0. The minimum Gasteiger partial charge on any atom is -0.324 e. The van der Waals surface area contributed by atoms with Gasteiger partial charge in [-0.3, -0.25) is 0 Å². The molecule has 1 aromatic carbocycles. The fraction of sp³-hybridized carbons (Fsp3) is 0.385. The zero-order valence-corrected chi connectivity index (χ0v) is 10.3. The van der Waals surface area contributed by atoms with Crippen LogP contribution in [0.2, 0.25) is 0 Å². The van der Waals surface area contributed by atoms with E-state index in [2.05, 4.69) is 52.9 Å². The predicted octanol–water partition coefficient (Wildman–Crippen LogP) is 2.12. The van der Waals surface area contributed by atoms with Gasteiger partial charge >= 0.3 is 0 Å². The van der Waals surface area contributed by atoms with Gasteiger partial charge in [0, 0.05) is 12.1 Å². The Morgan fingerprint density at radius 1 is 1.18 bits per heavy atom. The number of hydrogen-bond donors (Lipinski definition) is 1. The first-order valence-corrected chi connectivity index (χ1v) is 5.95. The molecule has 2 rings (SSSR count). The summed E-state index contributed by atoms with van der Waals surface area (Å²) in [6.07, 6.45) is 1.05. The highest BCUT2D eigenvalue weighted by molar-refractivity contribution is 5.55. The standard InChI is InChI=1S/C13H18N4/c1-3-8-17-12(9-14)15-16-13(17)11-6-4-10(2)5-7-11/h4-7H,3,8-9,14H2,1-2H3. The Morgan fingerprint density at radius 3 is 2.47 bits per heavy atom. The second-order valence-corrected chi connectivity index (χ2v) is 4.16. The summed E-state index contributed by atoms with van der Waals surface area (Å²) in [6.45, 7) is 5.55.